The van der Waals surface area contributed by atoms with Crippen LogP contribution in [0.5, 0.6) is 0 Å². The Kier molecular flexibility index (Phi) is 4.03. The number of benzene rings is 1. The zero-order valence-corrected chi connectivity index (χ0v) is 13.0. The molecule has 0 spiro atoms. The summed E-state index contributed by atoms with van der Waals surface area (Å²) in [4.78, 5) is 15.5. The van der Waals surface area contributed by atoms with Crippen LogP contribution in [-0.2, 0) is 0 Å². The van der Waals surface area contributed by atoms with Crippen LogP contribution in [0.1, 0.15) is 36.0 Å². The summed E-state index contributed by atoms with van der Waals surface area (Å²) in [6.45, 7) is 0. The van der Waals surface area contributed by atoms with Gasteiger partial charge in [0.15, 0.2) is 0 Å². The Hall–Kier alpha value is -1.00. The Morgan fingerprint density at radius 2 is 2.00 bits per heavy atom. The minimum Gasteiger partial charge on any atom is -0.355 e. The van der Waals surface area contributed by atoms with Crippen LogP contribution < -0.4 is 5.32 Å². The molecule has 108 valence electrons. The van der Waals surface area contributed by atoms with Crippen molar-refractivity contribution in [2.75, 3.05) is 14.1 Å². The maximum Gasteiger partial charge on any atom is 0.251 e. The number of amides is 1. The van der Waals surface area contributed by atoms with E-state index in [9.17, 15) is 4.79 Å². The van der Waals surface area contributed by atoms with Gasteiger partial charge in [0.05, 0.1) is 0 Å². The van der Waals surface area contributed by atoms with E-state index in [1.165, 1.54) is 30.6 Å². The fourth-order valence-corrected chi connectivity index (χ4v) is 4.88. The highest BCUT2D eigenvalue weighted by molar-refractivity contribution is 8.00. The summed E-state index contributed by atoms with van der Waals surface area (Å²) in [5, 5.41) is 3.38. The topological polar surface area (TPSA) is 32.3 Å². The van der Waals surface area contributed by atoms with Gasteiger partial charge in [-0.15, -0.1) is 11.8 Å². The van der Waals surface area contributed by atoms with Crippen molar-refractivity contribution in [2.45, 2.75) is 47.9 Å². The van der Waals surface area contributed by atoms with Gasteiger partial charge in [-0.1, -0.05) is 6.07 Å². The van der Waals surface area contributed by atoms with Gasteiger partial charge < -0.3 is 10.2 Å². The van der Waals surface area contributed by atoms with Crippen molar-refractivity contribution in [3.05, 3.63) is 29.8 Å². The molecule has 4 heteroatoms. The van der Waals surface area contributed by atoms with Gasteiger partial charge in [0, 0.05) is 34.8 Å². The molecule has 2 bridgehead atoms. The van der Waals surface area contributed by atoms with Crippen LogP contribution in [0.2, 0.25) is 0 Å². The summed E-state index contributed by atoms with van der Waals surface area (Å²) in [6.07, 6.45) is 5.27. The number of piperidine rings is 1. The second kappa shape index (κ2) is 5.78. The number of nitrogens with one attached hydrogen (secondary N) is 1. The molecule has 2 saturated heterocycles. The zero-order valence-electron chi connectivity index (χ0n) is 12.1. The Balaban J connectivity index is 1.68. The van der Waals surface area contributed by atoms with Gasteiger partial charge in [0.25, 0.3) is 5.91 Å². The van der Waals surface area contributed by atoms with Gasteiger partial charge in [-0.05, 0) is 50.9 Å². The molecule has 20 heavy (non-hydrogen) atoms. The summed E-state index contributed by atoms with van der Waals surface area (Å²) in [7, 11) is 3.95. The van der Waals surface area contributed by atoms with Crippen molar-refractivity contribution in [3.8, 4) is 0 Å². The van der Waals surface area contributed by atoms with Crippen LogP contribution in [0.15, 0.2) is 29.2 Å². The summed E-state index contributed by atoms with van der Waals surface area (Å²) < 4.78 is 0. The van der Waals surface area contributed by atoms with E-state index in [0.29, 0.717) is 5.25 Å². The minimum atomic E-state index is -0.00380. The average Bonchev–Trinajstić information content (AvgIpc) is 2.68. The van der Waals surface area contributed by atoms with Crippen LogP contribution in [0.25, 0.3) is 0 Å². The summed E-state index contributed by atoms with van der Waals surface area (Å²) in [5.41, 5.74) is 0.758. The lowest BCUT2D eigenvalue weighted by atomic mass is 10.0. The van der Waals surface area contributed by atoms with Crippen molar-refractivity contribution < 1.29 is 4.79 Å². The van der Waals surface area contributed by atoms with Crippen molar-refractivity contribution in [1.29, 1.82) is 0 Å². The van der Waals surface area contributed by atoms with E-state index < -0.39 is 0 Å². The lowest BCUT2D eigenvalue weighted by Crippen LogP contribution is -2.40. The van der Waals surface area contributed by atoms with Crippen molar-refractivity contribution in [1.82, 2.24) is 10.2 Å². The Morgan fingerprint density at radius 3 is 2.65 bits per heavy atom. The quantitative estimate of drug-likeness (QED) is 0.929. The van der Waals surface area contributed by atoms with Gasteiger partial charge >= 0.3 is 0 Å². The first-order valence-electron chi connectivity index (χ1n) is 7.38. The number of hydrogen-bond acceptors (Lipinski definition) is 3. The number of fused-ring (bicyclic) bond motifs is 2. The molecule has 3 rings (SSSR count). The van der Waals surface area contributed by atoms with Gasteiger partial charge in [-0.25, -0.2) is 0 Å². The van der Waals surface area contributed by atoms with Crippen LogP contribution in [0.4, 0.5) is 0 Å². The summed E-state index contributed by atoms with van der Waals surface area (Å²) in [5.74, 6) is -0.00380. The summed E-state index contributed by atoms with van der Waals surface area (Å²) >= 11 is 1.95. The molecule has 1 aromatic carbocycles. The van der Waals surface area contributed by atoms with Gasteiger partial charge in [0.1, 0.15) is 0 Å². The molecular weight excluding hydrogens is 268 g/mol. The van der Waals surface area contributed by atoms with Gasteiger partial charge in [-0.2, -0.15) is 0 Å². The first kappa shape index (κ1) is 14.0. The van der Waals surface area contributed by atoms with Crippen molar-refractivity contribution >= 4 is 17.7 Å². The number of carbonyl (C=O) groups excluding carboxylic acids is 1. The Bertz CT molecular complexity index is 491. The van der Waals surface area contributed by atoms with Crippen LogP contribution in [-0.4, -0.2) is 42.2 Å². The molecule has 2 fully saturated rings. The molecule has 1 unspecified atom stereocenters. The fraction of sp³-hybridized carbons (Fsp3) is 0.562. The number of hydrogen-bond donors (Lipinski definition) is 1. The van der Waals surface area contributed by atoms with E-state index in [-0.39, 0.29) is 5.91 Å². The SMILES string of the molecule is CNC(=O)c1cccc(SC2C[C@H]3CC[C@@H](C2)N3C)c1. The second-order valence-electron chi connectivity index (χ2n) is 5.87. The lowest BCUT2D eigenvalue weighted by molar-refractivity contribution is 0.0963. The van der Waals surface area contributed by atoms with E-state index in [1.807, 2.05) is 30.0 Å². The molecule has 0 radical (unpaired) electrons. The third kappa shape index (κ3) is 2.72. The molecule has 3 nitrogen and oxygen atoms in total. The molecule has 1 N–H and O–H groups in total. The van der Waals surface area contributed by atoms with E-state index in [2.05, 4.69) is 23.3 Å². The van der Waals surface area contributed by atoms with Crippen molar-refractivity contribution in [2.24, 2.45) is 0 Å². The van der Waals surface area contributed by atoms with Crippen LogP contribution in [0.3, 0.4) is 0 Å². The van der Waals surface area contributed by atoms with E-state index >= 15 is 0 Å². The Labute approximate surface area is 125 Å². The largest absolute Gasteiger partial charge is 0.355 e. The third-order valence-electron chi connectivity index (χ3n) is 4.68. The highest BCUT2D eigenvalue weighted by Crippen LogP contribution is 2.41. The van der Waals surface area contributed by atoms with E-state index in [0.717, 1.165) is 17.6 Å². The number of rotatable bonds is 3. The third-order valence-corrected chi connectivity index (χ3v) is 5.93. The van der Waals surface area contributed by atoms with E-state index in [4.69, 9.17) is 0 Å². The van der Waals surface area contributed by atoms with Gasteiger partial charge in [-0.3, -0.25) is 4.79 Å². The first-order valence-corrected chi connectivity index (χ1v) is 8.26. The monoisotopic (exact) mass is 290 g/mol. The van der Waals surface area contributed by atoms with Crippen molar-refractivity contribution in [3.63, 3.8) is 0 Å². The molecule has 0 aliphatic carbocycles. The molecule has 2 aliphatic rings. The predicted octanol–water partition coefficient (Wildman–Crippen LogP) is 2.76. The number of nitrogens with zero attached hydrogens (tertiary/aromatic N) is 1. The van der Waals surface area contributed by atoms with Crippen LogP contribution >= 0.6 is 11.8 Å². The van der Waals surface area contributed by atoms with Gasteiger partial charge in [0.2, 0.25) is 0 Å². The standard InChI is InChI=1S/C16H22N2OS/c1-17-16(19)11-4-3-5-14(8-11)20-15-9-12-6-7-13(10-15)18(12)2/h3-5,8,12-13,15H,6-7,9-10H2,1-2H3,(H,17,19)/t12-,13+,15?. The molecule has 2 aliphatic heterocycles. The molecule has 0 saturated carbocycles. The smallest absolute Gasteiger partial charge is 0.251 e. The predicted molar refractivity (Wildman–Crippen MR) is 83.3 cm³/mol. The molecule has 3 atom stereocenters. The molecular formula is C16H22N2OS. The average molecular weight is 290 g/mol. The molecule has 0 aromatic heterocycles. The number of carbonyl (C=O) groups is 1. The molecule has 1 aromatic rings. The maximum atomic E-state index is 11.7. The first-order chi connectivity index (χ1) is 9.67. The summed E-state index contributed by atoms with van der Waals surface area (Å²) in [6, 6.07) is 9.54. The molecule has 1 amide bonds. The highest BCUT2D eigenvalue weighted by Gasteiger charge is 2.38. The fourth-order valence-electron chi connectivity index (χ4n) is 3.51. The lowest BCUT2D eigenvalue weighted by Gasteiger charge is -2.36. The molecule has 2 heterocycles. The zero-order chi connectivity index (χ0) is 14.1. The number of thioether (sulfide) groups is 1. The normalized spacial score (nSPS) is 29.4. The van der Waals surface area contributed by atoms with E-state index in [1.54, 1.807) is 7.05 Å². The highest BCUT2D eigenvalue weighted by atomic mass is 32.2. The second-order valence-corrected chi connectivity index (χ2v) is 7.24. The minimum absolute atomic E-state index is 0.00380. The van der Waals surface area contributed by atoms with Crippen LogP contribution in [0, 0.1) is 0 Å². The Morgan fingerprint density at radius 1 is 1.30 bits per heavy atom. The maximum absolute atomic E-state index is 11.7.